The SMILES string of the molecule is Cc1cn([C@@H]2O[C@H](CO)C(ON=[N+]=[N-])C2O)c(=O)[nH]c1=O. The van der Waals surface area contributed by atoms with E-state index in [-0.39, 0.29) is 5.56 Å². The lowest BCUT2D eigenvalue weighted by molar-refractivity contribution is -0.0626. The van der Waals surface area contributed by atoms with Crippen molar-refractivity contribution in [3.05, 3.63) is 43.0 Å². The van der Waals surface area contributed by atoms with Crippen LogP contribution in [0.25, 0.3) is 10.4 Å². The van der Waals surface area contributed by atoms with Crippen LogP contribution in [0.2, 0.25) is 0 Å². The first-order valence-electron chi connectivity index (χ1n) is 5.96. The zero-order chi connectivity index (χ0) is 15.6. The molecule has 0 spiro atoms. The van der Waals surface area contributed by atoms with E-state index in [1.165, 1.54) is 13.1 Å². The minimum atomic E-state index is -1.38. The number of aliphatic hydroxyl groups excluding tert-OH is 2. The standard InChI is InChI=1S/C10H13N5O6/c1-4-2-15(10(19)12-8(4)18)9-6(17)7(21-14-13-11)5(3-16)20-9/h2,5-7,9,16-17H,3H2,1H3,(H,12,18,19)/t5-,6?,7?,9-/m1/s1. The summed E-state index contributed by atoms with van der Waals surface area (Å²) in [6.45, 7) is 0.962. The second-order valence-corrected chi connectivity index (χ2v) is 4.46. The van der Waals surface area contributed by atoms with Gasteiger partial charge in [-0.25, -0.2) is 4.79 Å². The molecule has 1 saturated heterocycles. The van der Waals surface area contributed by atoms with E-state index in [1.807, 2.05) is 0 Å². The van der Waals surface area contributed by atoms with Gasteiger partial charge in [-0.1, -0.05) is 0 Å². The van der Waals surface area contributed by atoms with Gasteiger partial charge in [-0.2, -0.15) is 0 Å². The Morgan fingerprint density at radius 2 is 2.33 bits per heavy atom. The van der Waals surface area contributed by atoms with E-state index in [0.29, 0.717) is 0 Å². The Balaban J connectivity index is 2.37. The van der Waals surface area contributed by atoms with Crippen molar-refractivity contribution in [3.63, 3.8) is 0 Å². The molecule has 21 heavy (non-hydrogen) atoms. The summed E-state index contributed by atoms with van der Waals surface area (Å²) in [5.74, 6) is 0. The smallest absolute Gasteiger partial charge is 0.330 e. The fourth-order valence-corrected chi connectivity index (χ4v) is 2.08. The van der Waals surface area contributed by atoms with Gasteiger partial charge in [0.2, 0.25) is 0 Å². The molecule has 1 aromatic heterocycles. The van der Waals surface area contributed by atoms with Crippen molar-refractivity contribution in [2.75, 3.05) is 6.61 Å². The Bertz CT molecular complexity index is 677. The largest absolute Gasteiger partial charge is 0.424 e. The van der Waals surface area contributed by atoms with E-state index in [9.17, 15) is 19.8 Å². The molecule has 0 amide bonds. The normalized spacial score (nSPS) is 28.1. The Labute approximate surface area is 116 Å². The molecule has 2 unspecified atom stereocenters. The maximum atomic E-state index is 11.8. The van der Waals surface area contributed by atoms with Crippen LogP contribution in [0.15, 0.2) is 21.1 Å². The van der Waals surface area contributed by atoms with Crippen LogP contribution in [0.5, 0.6) is 0 Å². The van der Waals surface area contributed by atoms with Crippen molar-refractivity contribution in [1.82, 2.24) is 9.55 Å². The minimum Gasteiger partial charge on any atom is -0.424 e. The third kappa shape index (κ3) is 2.76. The lowest BCUT2D eigenvalue weighted by Gasteiger charge is -2.18. The van der Waals surface area contributed by atoms with E-state index in [0.717, 1.165) is 4.57 Å². The van der Waals surface area contributed by atoms with Crippen molar-refractivity contribution < 1.29 is 19.8 Å². The molecule has 0 aromatic carbocycles. The van der Waals surface area contributed by atoms with Gasteiger partial charge in [0.15, 0.2) is 12.3 Å². The molecule has 1 aliphatic heterocycles. The lowest BCUT2D eigenvalue weighted by Crippen LogP contribution is -2.39. The fraction of sp³-hybridized carbons (Fsp3) is 0.600. The van der Waals surface area contributed by atoms with E-state index in [1.54, 1.807) is 0 Å². The minimum absolute atomic E-state index is 0.241. The first kappa shape index (κ1) is 15.1. The molecule has 114 valence electrons. The predicted molar refractivity (Wildman–Crippen MR) is 67.1 cm³/mol. The van der Waals surface area contributed by atoms with Crippen LogP contribution in [-0.2, 0) is 9.57 Å². The highest BCUT2D eigenvalue weighted by Gasteiger charge is 2.46. The second-order valence-electron chi connectivity index (χ2n) is 4.46. The monoisotopic (exact) mass is 299 g/mol. The maximum absolute atomic E-state index is 11.8. The van der Waals surface area contributed by atoms with Crippen LogP contribution in [-0.4, -0.2) is 44.7 Å². The molecule has 11 nitrogen and oxygen atoms in total. The number of nitrogens with one attached hydrogen (secondary N) is 1. The highest BCUT2D eigenvalue weighted by atomic mass is 16.7. The van der Waals surface area contributed by atoms with Crippen molar-refractivity contribution in [2.24, 2.45) is 5.28 Å². The van der Waals surface area contributed by atoms with Crippen molar-refractivity contribution >= 4 is 0 Å². The first-order valence-corrected chi connectivity index (χ1v) is 5.96. The van der Waals surface area contributed by atoms with Crippen LogP contribution in [0.3, 0.4) is 0 Å². The van der Waals surface area contributed by atoms with Gasteiger partial charge in [0.25, 0.3) is 5.56 Å². The molecule has 2 rings (SSSR count). The molecular weight excluding hydrogens is 286 g/mol. The molecular formula is C10H13N5O6. The van der Waals surface area contributed by atoms with Gasteiger partial charge in [-0.15, -0.1) is 0 Å². The summed E-state index contributed by atoms with van der Waals surface area (Å²) in [6.07, 6.45) is -3.48. The van der Waals surface area contributed by atoms with Gasteiger partial charge in [0.05, 0.1) is 6.61 Å². The van der Waals surface area contributed by atoms with Gasteiger partial charge in [-0.3, -0.25) is 14.3 Å². The fourth-order valence-electron chi connectivity index (χ4n) is 2.08. The summed E-state index contributed by atoms with van der Waals surface area (Å²) in [7, 11) is 0. The molecule has 1 aliphatic rings. The summed E-state index contributed by atoms with van der Waals surface area (Å²) in [5, 5.41) is 22.2. The topological polar surface area (TPSA) is 163 Å². The third-order valence-corrected chi connectivity index (χ3v) is 3.11. The first-order chi connectivity index (χ1) is 9.99. The van der Waals surface area contributed by atoms with E-state index >= 15 is 0 Å². The Morgan fingerprint density at radius 1 is 1.62 bits per heavy atom. The van der Waals surface area contributed by atoms with E-state index in [2.05, 4.69) is 15.2 Å². The zero-order valence-electron chi connectivity index (χ0n) is 10.9. The highest BCUT2D eigenvalue weighted by molar-refractivity contribution is 5.03. The second kappa shape index (κ2) is 5.97. The lowest BCUT2D eigenvalue weighted by atomic mass is 10.1. The molecule has 1 aromatic rings. The molecule has 4 atom stereocenters. The van der Waals surface area contributed by atoms with Crippen molar-refractivity contribution in [1.29, 1.82) is 0 Å². The van der Waals surface area contributed by atoms with Crippen LogP contribution >= 0.6 is 0 Å². The number of nitrogens with zero attached hydrogens (tertiary/aromatic N) is 4. The van der Waals surface area contributed by atoms with Crippen LogP contribution in [0.1, 0.15) is 11.8 Å². The van der Waals surface area contributed by atoms with Gasteiger partial charge in [0, 0.05) is 16.7 Å². The summed E-state index contributed by atoms with van der Waals surface area (Å²) in [5.41, 5.74) is 7.13. The van der Waals surface area contributed by atoms with Crippen LogP contribution in [0.4, 0.5) is 0 Å². The average Bonchev–Trinajstić information content (AvgIpc) is 2.77. The summed E-state index contributed by atoms with van der Waals surface area (Å²) in [4.78, 5) is 32.2. The van der Waals surface area contributed by atoms with Gasteiger partial charge in [0.1, 0.15) is 17.5 Å². The number of ether oxygens (including phenoxy) is 1. The van der Waals surface area contributed by atoms with Crippen molar-refractivity contribution in [3.8, 4) is 0 Å². The van der Waals surface area contributed by atoms with Gasteiger partial charge < -0.3 is 19.8 Å². The quantitative estimate of drug-likeness (QED) is 0.271. The molecule has 11 heteroatoms. The number of aromatic amines is 1. The number of hydrogen-bond acceptors (Lipinski definition) is 7. The maximum Gasteiger partial charge on any atom is 0.330 e. The summed E-state index contributed by atoms with van der Waals surface area (Å²) in [6, 6.07) is 0. The Morgan fingerprint density at radius 3 is 2.95 bits per heavy atom. The molecule has 1 fully saturated rings. The van der Waals surface area contributed by atoms with Crippen LogP contribution < -0.4 is 11.2 Å². The number of H-pyrrole nitrogens is 1. The molecule has 0 radical (unpaired) electrons. The predicted octanol–water partition coefficient (Wildman–Crippen LogP) is -1.29. The number of hydrogen-bond donors (Lipinski definition) is 3. The third-order valence-electron chi connectivity index (χ3n) is 3.11. The summed E-state index contributed by atoms with van der Waals surface area (Å²) >= 11 is 0. The highest BCUT2D eigenvalue weighted by Crippen LogP contribution is 2.30. The van der Waals surface area contributed by atoms with Gasteiger partial charge >= 0.3 is 5.69 Å². The van der Waals surface area contributed by atoms with Gasteiger partial charge in [-0.05, 0) is 12.5 Å². The molecule has 0 saturated carbocycles. The van der Waals surface area contributed by atoms with Crippen molar-refractivity contribution in [2.45, 2.75) is 31.5 Å². The number of aromatic nitrogens is 2. The number of azide groups is 1. The zero-order valence-corrected chi connectivity index (χ0v) is 10.9. The summed E-state index contributed by atoms with van der Waals surface area (Å²) < 4.78 is 6.30. The average molecular weight is 299 g/mol. The Hall–Kier alpha value is -2.33. The number of aliphatic hydroxyl groups is 2. The molecule has 0 aliphatic carbocycles. The van der Waals surface area contributed by atoms with E-state index < -0.39 is 42.4 Å². The molecule has 0 bridgehead atoms. The number of aryl methyl sites for hydroxylation is 1. The van der Waals surface area contributed by atoms with E-state index in [4.69, 9.17) is 15.1 Å². The molecule has 2 heterocycles. The number of rotatable bonds is 4. The van der Waals surface area contributed by atoms with Crippen LogP contribution in [0, 0.1) is 6.92 Å². The Kier molecular flexibility index (Phi) is 4.29. The molecule has 3 N–H and O–H groups in total.